The third kappa shape index (κ3) is 3.99. The van der Waals surface area contributed by atoms with Crippen LogP contribution in [0.3, 0.4) is 0 Å². The fourth-order valence-electron chi connectivity index (χ4n) is 3.51. The minimum absolute atomic E-state index is 0.00898. The summed E-state index contributed by atoms with van der Waals surface area (Å²) in [5.74, 6) is -0.181. The smallest absolute Gasteiger partial charge is 0.266 e. The van der Waals surface area contributed by atoms with E-state index < -0.39 is 5.56 Å². The Morgan fingerprint density at radius 2 is 2.21 bits per heavy atom. The number of aromatic nitrogens is 3. The Morgan fingerprint density at radius 3 is 2.93 bits per heavy atom. The molecule has 8 heteroatoms. The number of nitrogens with one attached hydrogen (secondary N) is 1. The molecular weight excluding hydrogens is 356 g/mol. The van der Waals surface area contributed by atoms with E-state index in [0.29, 0.717) is 30.8 Å². The number of H-pyrrole nitrogens is 1. The number of rotatable bonds is 6. The number of fused-ring (bicyclic) bond motifs is 1. The minimum atomic E-state index is -0.467. The molecule has 0 spiro atoms. The van der Waals surface area contributed by atoms with Crippen LogP contribution < -0.4 is 5.56 Å². The number of hydrogen-bond donors (Lipinski definition) is 1. The summed E-state index contributed by atoms with van der Waals surface area (Å²) in [6, 6.07) is 3.94. The predicted octanol–water partition coefficient (Wildman–Crippen LogP) is 1.64. The number of unbranched alkanes of at least 4 members (excludes halogenated alkanes) is 1. The minimum Gasteiger partial charge on any atom is -0.331 e. The molecule has 0 fully saturated rings. The van der Waals surface area contributed by atoms with Gasteiger partial charge in [0.1, 0.15) is 11.6 Å². The second kappa shape index (κ2) is 8.40. The average Bonchev–Trinajstić information content (AvgIpc) is 3.07. The second-order valence-corrected chi connectivity index (χ2v) is 7.31. The Hall–Kier alpha value is -2.92. The van der Waals surface area contributed by atoms with Gasteiger partial charge in [0.15, 0.2) is 0 Å². The summed E-state index contributed by atoms with van der Waals surface area (Å²) < 4.78 is 1.97. The maximum Gasteiger partial charge on any atom is 0.266 e. The van der Waals surface area contributed by atoms with Gasteiger partial charge in [-0.1, -0.05) is 13.3 Å². The SMILES string of the molecule is CCCCN(C)Cc1cc2n(n1)CCN(C(=O)c1c[nH]c(=O)c(C#N)c1C)C2. The van der Waals surface area contributed by atoms with Gasteiger partial charge in [-0.25, -0.2) is 0 Å². The van der Waals surface area contributed by atoms with Gasteiger partial charge >= 0.3 is 0 Å². The highest BCUT2D eigenvalue weighted by Crippen LogP contribution is 2.19. The van der Waals surface area contributed by atoms with Crippen LogP contribution in [0.4, 0.5) is 0 Å². The quantitative estimate of drug-likeness (QED) is 0.819. The summed E-state index contributed by atoms with van der Waals surface area (Å²) in [5.41, 5.74) is 2.32. The third-order valence-corrected chi connectivity index (χ3v) is 5.16. The van der Waals surface area contributed by atoms with Gasteiger partial charge in [-0.3, -0.25) is 14.3 Å². The number of amides is 1. The molecule has 1 aliphatic rings. The molecule has 0 saturated heterocycles. The molecule has 1 aliphatic heterocycles. The van der Waals surface area contributed by atoms with Crippen LogP contribution in [-0.2, 0) is 19.6 Å². The van der Waals surface area contributed by atoms with E-state index in [1.165, 1.54) is 12.6 Å². The van der Waals surface area contributed by atoms with Gasteiger partial charge in [0.2, 0.25) is 0 Å². The summed E-state index contributed by atoms with van der Waals surface area (Å²) in [6.07, 6.45) is 3.73. The maximum atomic E-state index is 13.0. The highest BCUT2D eigenvalue weighted by atomic mass is 16.2. The lowest BCUT2D eigenvalue weighted by atomic mass is 10.1. The zero-order valence-corrected chi connectivity index (χ0v) is 16.7. The number of pyridine rings is 1. The number of aromatic amines is 1. The molecule has 8 nitrogen and oxygen atoms in total. The fraction of sp³-hybridized carbons (Fsp3) is 0.500. The Kier molecular flexibility index (Phi) is 5.95. The van der Waals surface area contributed by atoms with Gasteiger partial charge < -0.3 is 14.8 Å². The normalized spacial score (nSPS) is 13.5. The first-order chi connectivity index (χ1) is 13.4. The molecule has 0 radical (unpaired) electrons. The highest BCUT2D eigenvalue weighted by molar-refractivity contribution is 5.95. The molecule has 148 valence electrons. The fourth-order valence-corrected chi connectivity index (χ4v) is 3.51. The van der Waals surface area contributed by atoms with E-state index in [9.17, 15) is 9.59 Å². The van der Waals surface area contributed by atoms with Crippen LogP contribution in [0.25, 0.3) is 0 Å². The zero-order valence-electron chi connectivity index (χ0n) is 16.7. The molecule has 3 rings (SSSR count). The van der Waals surface area contributed by atoms with Crippen molar-refractivity contribution in [3.05, 3.63) is 50.7 Å². The zero-order chi connectivity index (χ0) is 20.3. The number of carbonyl (C=O) groups excluding carboxylic acids is 1. The second-order valence-electron chi connectivity index (χ2n) is 7.31. The molecule has 0 unspecified atom stereocenters. The van der Waals surface area contributed by atoms with Gasteiger partial charge in [0.05, 0.1) is 30.0 Å². The maximum absolute atomic E-state index is 13.0. The van der Waals surface area contributed by atoms with Crippen molar-refractivity contribution in [3.8, 4) is 6.07 Å². The summed E-state index contributed by atoms with van der Waals surface area (Å²) >= 11 is 0. The number of nitriles is 1. The Labute approximate surface area is 164 Å². The van der Waals surface area contributed by atoms with E-state index in [1.54, 1.807) is 11.8 Å². The van der Waals surface area contributed by atoms with E-state index in [1.807, 2.05) is 10.8 Å². The lowest BCUT2D eigenvalue weighted by molar-refractivity contribution is 0.0704. The lowest BCUT2D eigenvalue weighted by Gasteiger charge is -2.28. The standard InChI is InChI=1S/C20H26N6O2/c1-4-5-6-24(3)12-15-9-16-13-25(7-8-26(16)23-15)20(28)18-11-22-19(27)17(10-21)14(18)2/h9,11H,4-8,12-13H2,1-3H3,(H,22,27). The lowest BCUT2D eigenvalue weighted by Crippen LogP contribution is -2.39. The van der Waals surface area contributed by atoms with E-state index in [2.05, 4.69) is 35.0 Å². The van der Waals surface area contributed by atoms with Crippen molar-refractivity contribution in [2.24, 2.45) is 0 Å². The molecule has 0 saturated carbocycles. The monoisotopic (exact) mass is 382 g/mol. The van der Waals surface area contributed by atoms with E-state index in [0.717, 1.165) is 30.9 Å². The number of nitrogens with zero attached hydrogens (tertiary/aromatic N) is 5. The largest absolute Gasteiger partial charge is 0.331 e. The van der Waals surface area contributed by atoms with Gasteiger partial charge in [-0.15, -0.1) is 0 Å². The molecule has 3 heterocycles. The first-order valence-electron chi connectivity index (χ1n) is 9.60. The van der Waals surface area contributed by atoms with Crippen molar-refractivity contribution in [3.63, 3.8) is 0 Å². The van der Waals surface area contributed by atoms with Crippen molar-refractivity contribution in [1.29, 1.82) is 5.26 Å². The van der Waals surface area contributed by atoms with E-state index in [-0.39, 0.29) is 11.5 Å². The number of hydrogen-bond acceptors (Lipinski definition) is 5. The van der Waals surface area contributed by atoms with Crippen molar-refractivity contribution < 1.29 is 4.79 Å². The molecule has 28 heavy (non-hydrogen) atoms. The predicted molar refractivity (Wildman–Crippen MR) is 105 cm³/mol. The molecule has 1 N–H and O–H groups in total. The van der Waals surface area contributed by atoms with Crippen molar-refractivity contribution in [2.45, 2.75) is 46.3 Å². The van der Waals surface area contributed by atoms with Gasteiger partial charge in [0, 0.05) is 19.3 Å². The summed E-state index contributed by atoms with van der Waals surface area (Å²) in [5, 5.41) is 13.8. The molecule has 1 amide bonds. The van der Waals surface area contributed by atoms with E-state index >= 15 is 0 Å². The molecule has 0 aliphatic carbocycles. The van der Waals surface area contributed by atoms with Gasteiger partial charge in [-0.2, -0.15) is 10.4 Å². The Bertz CT molecular complexity index is 968. The molecule has 2 aromatic rings. The average molecular weight is 382 g/mol. The molecule has 2 aromatic heterocycles. The van der Waals surface area contributed by atoms with Crippen LogP contribution in [0.15, 0.2) is 17.1 Å². The van der Waals surface area contributed by atoms with Crippen LogP contribution >= 0.6 is 0 Å². The van der Waals surface area contributed by atoms with Crippen molar-refractivity contribution in [2.75, 3.05) is 20.1 Å². The first-order valence-corrected chi connectivity index (χ1v) is 9.60. The van der Waals surface area contributed by atoms with Crippen molar-refractivity contribution >= 4 is 5.91 Å². The Balaban J connectivity index is 1.74. The van der Waals surface area contributed by atoms with Crippen molar-refractivity contribution in [1.82, 2.24) is 24.6 Å². The summed E-state index contributed by atoms with van der Waals surface area (Å²) in [7, 11) is 2.09. The third-order valence-electron chi connectivity index (χ3n) is 5.16. The topological polar surface area (TPSA) is 98.0 Å². The van der Waals surface area contributed by atoms with Gasteiger partial charge in [0.25, 0.3) is 11.5 Å². The van der Waals surface area contributed by atoms with Crippen LogP contribution in [0.5, 0.6) is 0 Å². The molecule has 0 atom stereocenters. The van der Waals surface area contributed by atoms with E-state index in [4.69, 9.17) is 5.26 Å². The molecular formula is C20H26N6O2. The molecule has 0 aromatic carbocycles. The van der Waals surface area contributed by atoms with Crippen LogP contribution in [0, 0.1) is 18.3 Å². The van der Waals surface area contributed by atoms with Crippen LogP contribution in [0.1, 0.15) is 52.6 Å². The summed E-state index contributed by atoms with van der Waals surface area (Å²) in [4.78, 5) is 31.2. The van der Waals surface area contributed by atoms with Crippen LogP contribution in [0.2, 0.25) is 0 Å². The summed E-state index contributed by atoms with van der Waals surface area (Å²) in [6.45, 7) is 7.28. The van der Waals surface area contributed by atoms with Gasteiger partial charge in [-0.05, 0) is 38.6 Å². The first kappa shape index (κ1) is 19.8. The molecule has 0 bridgehead atoms. The highest BCUT2D eigenvalue weighted by Gasteiger charge is 2.25. The number of carbonyl (C=O) groups is 1. The Morgan fingerprint density at radius 1 is 1.43 bits per heavy atom. The van der Waals surface area contributed by atoms with Crippen LogP contribution in [-0.4, -0.2) is 50.6 Å².